The molecule has 0 aromatic rings. The molecule has 0 aliphatic heterocycles. The van der Waals surface area contributed by atoms with Crippen molar-refractivity contribution in [1.29, 1.82) is 0 Å². The fourth-order valence-electron chi connectivity index (χ4n) is 1.93. The molecule has 0 saturated heterocycles. The maximum Gasteiger partial charge on any atom is 0.0151 e. The van der Waals surface area contributed by atoms with Crippen LogP contribution in [-0.4, -0.2) is 5.54 Å². The molecule has 0 spiro atoms. The standard InChI is InChI=1S/C13H29N/c1-4-7-9-11-13(14,6-3)12-10-8-5-2/h4-12,14H2,1-3H3. The normalized spacial score (nSPS) is 12.0. The molecule has 0 aliphatic carbocycles. The first-order valence-electron chi connectivity index (χ1n) is 6.47. The second-order valence-electron chi connectivity index (χ2n) is 4.63. The summed E-state index contributed by atoms with van der Waals surface area (Å²) in [5, 5.41) is 0. The fourth-order valence-corrected chi connectivity index (χ4v) is 1.93. The van der Waals surface area contributed by atoms with Crippen LogP contribution in [-0.2, 0) is 0 Å². The lowest BCUT2D eigenvalue weighted by molar-refractivity contribution is 0.328. The van der Waals surface area contributed by atoms with E-state index in [0.717, 1.165) is 6.42 Å². The predicted octanol–water partition coefficient (Wildman–Crippen LogP) is 4.25. The number of unbranched alkanes of at least 4 members (excludes halogenated alkanes) is 4. The summed E-state index contributed by atoms with van der Waals surface area (Å²) in [5.74, 6) is 0. The van der Waals surface area contributed by atoms with Gasteiger partial charge < -0.3 is 5.73 Å². The predicted molar refractivity (Wildman–Crippen MR) is 65.5 cm³/mol. The molecule has 2 N–H and O–H groups in total. The second-order valence-corrected chi connectivity index (χ2v) is 4.63. The first-order chi connectivity index (χ1) is 6.68. The zero-order valence-corrected chi connectivity index (χ0v) is 10.4. The Morgan fingerprint density at radius 2 is 1.21 bits per heavy atom. The van der Waals surface area contributed by atoms with Crippen LogP contribution in [0.3, 0.4) is 0 Å². The van der Waals surface area contributed by atoms with Gasteiger partial charge in [-0.15, -0.1) is 0 Å². The third-order valence-corrected chi connectivity index (χ3v) is 3.26. The van der Waals surface area contributed by atoms with Crippen molar-refractivity contribution in [3.05, 3.63) is 0 Å². The van der Waals surface area contributed by atoms with Crippen molar-refractivity contribution in [2.24, 2.45) is 5.73 Å². The van der Waals surface area contributed by atoms with Crippen LogP contribution >= 0.6 is 0 Å². The highest BCUT2D eigenvalue weighted by Crippen LogP contribution is 2.22. The van der Waals surface area contributed by atoms with Crippen molar-refractivity contribution in [2.45, 2.75) is 84.1 Å². The van der Waals surface area contributed by atoms with E-state index in [4.69, 9.17) is 5.73 Å². The molecule has 0 aromatic heterocycles. The van der Waals surface area contributed by atoms with Crippen LogP contribution in [0.4, 0.5) is 0 Å². The molecule has 0 aromatic carbocycles. The third kappa shape index (κ3) is 6.42. The Morgan fingerprint density at radius 3 is 1.50 bits per heavy atom. The molecule has 0 heterocycles. The molecule has 86 valence electrons. The van der Waals surface area contributed by atoms with Gasteiger partial charge in [-0.1, -0.05) is 59.3 Å². The first-order valence-corrected chi connectivity index (χ1v) is 6.47. The van der Waals surface area contributed by atoms with Crippen LogP contribution in [0.1, 0.15) is 78.6 Å². The van der Waals surface area contributed by atoms with Gasteiger partial charge in [0.1, 0.15) is 0 Å². The van der Waals surface area contributed by atoms with Crippen molar-refractivity contribution >= 4 is 0 Å². The maximum absolute atomic E-state index is 6.38. The summed E-state index contributed by atoms with van der Waals surface area (Å²) in [7, 11) is 0. The Kier molecular flexibility index (Phi) is 8.26. The summed E-state index contributed by atoms with van der Waals surface area (Å²) >= 11 is 0. The molecule has 0 unspecified atom stereocenters. The summed E-state index contributed by atoms with van der Waals surface area (Å²) in [6.45, 7) is 6.74. The van der Waals surface area contributed by atoms with Crippen LogP contribution in [0.2, 0.25) is 0 Å². The molecule has 0 aliphatic rings. The molecule has 0 amide bonds. The van der Waals surface area contributed by atoms with Gasteiger partial charge in [-0.05, 0) is 19.3 Å². The molecule has 0 fully saturated rings. The van der Waals surface area contributed by atoms with Crippen molar-refractivity contribution in [3.8, 4) is 0 Å². The molecule has 1 nitrogen and oxygen atoms in total. The average molecular weight is 199 g/mol. The van der Waals surface area contributed by atoms with Gasteiger partial charge in [0.15, 0.2) is 0 Å². The Morgan fingerprint density at radius 1 is 0.786 bits per heavy atom. The van der Waals surface area contributed by atoms with Gasteiger partial charge in [0.25, 0.3) is 0 Å². The second kappa shape index (κ2) is 8.28. The zero-order valence-electron chi connectivity index (χ0n) is 10.4. The first kappa shape index (κ1) is 14.0. The Balaban J connectivity index is 3.67. The summed E-state index contributed by atoms with van der Waals surface area (Å²) in [4.78, 5) is 0. The lowest BCUT2D eigenvalue weighted by Crippen LogP contribution is -2.38. The molecule has 0 bridgehead atoms. The molecule has 0 rings (SSSR count). The van der Waals surface area contributed by atoms with Gasteiger partial charge in [0.05, 0.1) is 0 Å². The topological polar surface area (TPSA) is 26.0 Å². The van der Waals surface area contributed by atoms with Gasteiger partial charge in [-0.2, -0.15) is 0 Å². The highest BCUT2D eigenvalue weighted by molar-refractivity contribution is 4.82. The van der Waals surface area contributed by atoms with Crippen LogP contribution in [0.25, 0.3) is 0 Å². The van der Waals surface area contributed by atoms with Crippen molar-refractivity contribution in [1.82, 2.24) is 0 Å². The Hall–Kier alpha value is -0.0400. The van der Waals surface area contributed by atoms with Crippen molar-refractivity contribution in [3.63, 3.8) is 0 Å². The third-order valence-electron chi connectivity index (χ3n) is 3.26. The van der Waals surface area contributed by atoms with E-state index >= 15 is 0 Å². The molecular weight excluding hydrogens is 170 g/mol. The minimum Gasteiger partial charge on any atom is -0.325 e. The van der Waals surface area contributed by atoms with E-state index in [2.05, 4.69) is 20.8 Å². The van der Waals surface area contributed by atoms with E-state index < -0.39 is 0 Å². The quantitative estimate of drug-likeness (QED) is 0.552. The lowest BCUT2D eigenvalue weighted by Gasteiger charge is -2.28. The summed E-state index contributed by atoms with van der Waals surface area (Å²) in [6.07, 6.45) is 11.5. The number of nitrogens with two attached hydrogens (primary N) is 1. The number of rotatable bonds is 9. The molecule has 0 atom stereocenters. The van der Waals surface area contributed by atoms with E-state index in [1.807, 2.05) is 0 Å². The van der Waals surface area contributed by atoms with Crippen LogP contribution in [0, 0.1) is 0 Å². The van der Waals surface area contributed by atoms with Gasteiger partial charge in [-0.25, -0.2) is 0 Å². The molecule has 14 heavy (non-hydrogen) atoms. The lowest BCUT2D eigenvalue weighted by atomic mass is 9.85. The van der Waals surface area contributed by atoms with Crippen LogP contribution in [0.15, 0.2) is 0 Å². The van der Waals surface area contributed by atoms with Gasteiger partial charge >= 0.3 is 0 Å². The molecule has 0 saturated carbocycles. The number of hydrogen-bond acceptors (Lipinski definition) is 1. The van der Waals surface area contributed by atoms with Gasteiger partial charge in [0.2, 0.25) is 0 Å². The van der Waals surface area contributed by atoms with Crippen LogP contribution < -0.4 is 5.73 Å². The van der Waals surface area contributed by atoms with Gasteiger partial charge in [-0.3, -0.25) is 0 Å². The van der Waals surface area contributed by atoms with Crippen molar-refractivity contribution in [2.75, 3.05) is 0 Å². The molecular formula is C13H29N. The number of hydrogen-bond donors (Lipinski definition) is 1. The average Bonchev–Trinajstić information content (AvgIpc) is 2.19. The van der Waals surface area contributed by atoms with Gasteiger partial charge in [0, 0.05) is 5.54 Å². The van der Waals surface area contributed by atoms with E-state index in [9.17, 15) is 0 Å². The highest BCUT2D eigenvalue weighted by atomic mass is 14.7. The Labute approximate surface area is 90.5 Å². The van der Waals surface area contributed by atoms with Crippen molar-refractivity contribution < 1.29 is 0 Å². The SMILES string of the molecule is CCCCCC(N)(CC)CCCCC. The highest BCUT2D eigenvalue weighted by Gasteiger charge is 2.20. The summed E-state index contributed by atoms with van der Waals surface area (Å²) in [5.41, 5.74) is 6.52. The van der Waals surface area contributed by atoms with E-state index in [0.29, 0.717) is 0 Å². The minimum absolute atomic E-state index is 0.143. The zero-order chi connectivity index (χ0) is 10.9. The summed E-state index contributed by atoms with van der Waals surface area (Å²) in [6, 6.07) is 0. The largest absolute Gasteiger partial charge is 0.325 e. The maximum atomic E-state index is 6.38. The van der Waals surface area contributed by atoms with E-state index in [-0.39, 0.29) is 5.54 Å². The van der Waals surface area contributed by atoms with E-state index in [1.54, 1.807) is 0 Å². The van der Waals surface area contributed by atoms with Crippen LogP contribution in [0.5, 0.6) is 0 Å². The summed E-state index contributed by atoms with van der Waals surface area (Å²) < 4.78 is 0. The van der Waals surface area contributed by atoms with E-state index in [1.165, 1.54) is 51.4 Å². The fraction of sp³-hybridized carbons (Fsp3) is 1.00. The molecule has 0 radical (unpaired) electrons. The monoisotopic (exact) mass is 199 g/mol. The minimum atomic E-state index is 0.143. The smallest absolute Gasteiger partial charge is 0.0151 e. The Bertz CT molecular complexity index is 110. The molecule has 1 heteroatoms.